The zero-order valence-electron chi connectivity index (χ0n) is 15.4. The van der Waals surface area contributed by atoms with Gasteiger partial charge in [0, 0.05) is 26.2 Å². The van der Waals surface area contributed by atoms with Crippen LogP contribution in [0, 0.1) is 11.8 Å². The molecule has 1 aliphatic heterocycles. The first-order valence-electron chi connectivity index (χ1n) is 9.35. The highest BCUT2D eigenvalue weighted by Crippen LogP contribution is 2.20. The van der Waals surface area contributed by atoms with Crippen molar-refractivity contribution in [3.63, 3.8) is 0 Å². The van der Waals surface area contributed by atoms with Gasteiger partial charge >= 0.3 is 0 Å². The summed E-state index contributed by atoms with van der Waals surface area (Å²) in [6, 6.07) is 10.2. The second kappa shape index (κ2) is 9.19. The number of benzene rings is 1. The van der Waals surface area contributed by atoms with Gasteiger partial charge in [-0.15, -0.1) is 0 Å². The Kier molecular flexibility index (Phi) is 7.25. The number of nitrogens with two attached hydrogens (primary N) is 1. The van der Waals surface area contributed by atoms with Crippen molar-refractivity contribution < 1.29 is 4.79 Å². The van der Waals surface area contributed by atoms with E-state index in [0.717, 1.165) is 45.6 Å². The number of nitrogens with zero attached hydrogens (tertiary/aromatic N) is 2. The second-order valence-electron chi connectivity index (χ2n) is 7.16. The molecule has 0 bridgehead atoms. The summed E-state index contributed by atoms with van der Waals surface area (Å²) in [5.41, 5.74) is 7.51. The number of likely N-dealkylation sites (N-methyl/N-ethyl adjacent to an activating group) is 1. The summed E-state index contributed by atoms with van der Waals surface area (Å²) >= 11 is 0. The van der Waals surface area contributed by atoms with Gasteiger partial charge in [0.1, 0.15) is 0 Å². The Labute approximate surface area is 147 Å². The van der Waals surface area contributed by atoms with E-state index in [2.05, 4.69) is 56.0 Å². The average Bonchev–Trinajstić information content (AvgIpc) is 3.05. The van der Waals surface area contributed by atoms with Crippen molar-refractivity contribution in [2.45, 2.75) is 46.2 Å². The third-order valence-electron chi connectivity index (χ3n) is 5.33. The molecule has 2 rings (SSSR count). The van der Waals surface area contributed by atoms with Crippen molar-refractivity contribution >= 4 is 5.91 Å². The Balaban J connectivity index is 1.85. The summed E-state index contributed by atoms with van der Waals surface area (Å²) in [7, 11) is 0. The predicted molar refractivity (Wildman–Crippen MR) is 99.5 cm³/mol. The van der Waals surface area contributed by atoms with E-state index in [1.807, 2.05) is 4.90 Å². The van der Waals surface area contributed by atoms with Crippen molar-refractivity contribution in [2.75, 3.05) is 26.2 Å². The molecule has 4 nitrogen and oxygen atoms in total. The highest BCUT2D eigenvalue weighted by molar-refractivity contribution is 5.81. The van der Waals surface area contributed by atoms with Crippen LogP contribution in [0.1, 0.15) is 39.2 Å². The minimum Gasteiger partial charge on any atom is -0.341 e. The van der Waals surface area contributed by atoms with Crippen molar-refractivity contribution in [3.8, 4) is 0 Å². The standard InChI is InChI=1S/C20H33N3O/c1-4-16(3)19(21)20(24)23(5-2)15-18-11-12-22(14-18)13-17-9-7-6-8-10-17/h6-10,16,18-19H,4-5,11-15,21H2,1-3H3. The molecule has 0 saturated carbocycles. The highest BCUT2D eigenvalue weighted by atomic mass is 16.2. The third kappa shape index (κ3) is 5.05. The lowest BCUT2D eigenvalue weighted by Crippen LogP contribution is -2.48. The number of rotatable bonds is 8. The van der Waals surface area contributed by atoms with E-state index in [-0.39, 0.29) is 17.9 Å². The van der Waals surface area contributed by atoms with Crippen LogP contribution in [0.15, 0.2) is 30.3 Å². The van der Waals surface area contributed by atoms with E-state index in [1.54, 1.807) is 0 Å². The van der Waals surface area contributed by atoms with E-state index >= 15 is 0 Å². The van der Waals surface area contributed by atoms with Crippen molar-refractivity contribution in [3.05, 3.63) is 35.9 Å². The molecule has 1 amide bonds. The van der Waals surface area contributed by atoms with Crippen molar-refractivity contribution in [2.24, 2.45) is 17.6 Å². The molecule has 0 radical (unpaired) electrons. The van der Waals surface area contributed by atoms with Gasteiger partial charge in [0.15, 0.2) is 0 Å². The van der Waals surface area contributed by atoms with Crippen LogP contribution in [0.2, 0.25) is 0 Å². The molecule has 1 aromatic rings. The van der Waals surface area contributed by atoms with Crippen molar-refractivity contribution in [1.29, 1.82) is 0 Å². The molecule has 134 valence electrons. The van der Waals surface area contributed by atoms with Gasteiger partial charge in [-0.1, -0.05) is 50.6 Å². The molecule has 0 spiro atoms. The second-order valence-corrected chi connectivity index (χ2v) is 7.16. The van der Waals surface area contributed by atoms with E-state index in [4.69, 9.17) is 5.73 Å². The third-order valence-corrected chi connectivity index (χ3v) is 5.33. The maximum absolute atomic E-state index is 12.6. The van der Waals surface area contributed by atoms with Crippen LogP contribution in [0.5, 0.6) is 0 Å². The van der Waals surface area contributed by atoms with Gasteiger partial charge in [-0.2, -0.15) is 0 Å². The molecule has 1 aromatic carbocycles. The topological polar surface area (TPSA) is 49.6 Å². The number of hydrogen-bond donors (Lipinski definition) is 1. The summed E-state index contributed by atoms with van der Waals surface area (Å²) in [4.78, 5) is 17.1. The average molecular weight is 332 g/mol. The Bertz CT molecular complexity index is 505. The van der Waals surface area contributed by atoms with Crippen LogP contribution in [-0.2, 0) is 11.3 Å². The van der Waals surface area contributed by atoms with E-state index in [0.29, 0.717) is 5.92 Å². The van der Waals surface area contributed by atoms with Crippen LogP contribution < -0.4 is 5.73 Å². The largest absolute Gasteiger partial charge is 0.341 e. The van der Waals surface area contributed by atoms with E-state index in [1.165, 1.54) is 5.56 Å². The Morgan fingerprint density at radius 2 is 2.04 bits per heavy atom. The number of carbonyl (C=O) groups excluding carboxylic acids is 1. The first-order valence-corrected chi connectivity index (χ1v) is 9.35. The number of likely N-dealkylation sites (tertiary alicyclic amines) is 1. The van der Waals surface area contributed by atoms with E-state index < -0.39 is 0 Å². The quantitative estimate of drug-likeness (QED) is 0.797. The van der Waals surface area contributed by atoms with Gasteiger partial charge in [0.2, 0.25) is 5.91 Å². The van der Waals surface area contributed by atoms with E-state index in [9.17, 15) is 4.79 Å². The Morgan fingerprint density at radius 3 is 2.67 bits per heavy atom. The number of carbonyl (C=O) groups is 1. The Hall–Kier alpha value is -1.39. The molecule has 1 aliphatic rings. The lowest BCUT2D eigenvalue weighted by Gasteiger charge is -2.29. The molecule has 0 aromatic heterocycles. The molecular weight excluding hydrogens is 298 g/mol. The first kappa shape index (κ1) is 18.9. The number of amides is 1. The number of hydrogen-bond acceptors (Lipinski definition) is 3. The summed E-state index contributed by atoms with van der Waals surface area (Å²) in [6.45, 7) is 11.0. The molecule has 1 fully saturated rings. The molecule has 4 heteroatoms. The molecule has 2 N–H and O–H groups in total. The Morgan fingerprint density at radius 1 is 1.33 bits per heavy atom. The van der Waals surface area contributed by atoms with Crippen LogP contribution in [0.4, 0.5) is 0 Å². The molecule has 24 heavy (non-hydrogen) atoms. The molecular formula is C20H33N3O. The summed E-state index contributed by atoms with van der Waals surface area (Å²) in [6.07, 6.45) is 2.11. The van der Waals surface area contributed by atoms with Crippen LogP contribution in [-0.4, -0.2) is 47.9 Å². The normalized spacial score (nSPS) is 20.8. The van der Waals surface area contributed by atoms with Gasteiger partial charge in [0.05, 0.1) is 6.04 Å². The van der Waals surface area contributed by atoms with Crippen LogP contribution in [0.25, 0.3) is 0 Å². The smallest absolute Gasteiger partial charge is 0.239 e. The lowest BCUT2D eigenvalue weighted by atomic mass is 9.98. The zero-order valence-corrected chi connectivity index (χ0v) is 15.4. The molecule has 1 heterocycles. The van der Waals surface area contributed by atoms with Gasteiger partial charge in [-0.25, -0.2) is 0 Å². The van der Waals surface area contributed by atoms with Gasteiger partial charge in [0.25, 0.3) is 0 Å². The molecule has 3 unspecified atom stereocenters. The van der Waals surface area contributed by atoms with Gasteiger partial charge < -0.3 is 10.6 Å². The van der Waals surface area contributed by atoms with Crippen molar-refractivity contribution in [1.82, 2.24) is 9.80 Å². The highest BCUT2D eigenvalue weighted by Gasteiger charge is 2.29. The summed E-state index contributed by atoms with van der Waals surface area (Å²) in [5.74, 6) is 0.916. The fourth-order valence-electron chi connectivity index (χ4n) is 3.44. The van der Waals surface area contributed by atoms with Gasteiger partial charge in [-0.3, -0.25) is 9.69 Å². The minimum atomic E-state index is -0.364. The van der Waals surface area contributed by atoms with Crippen LogP contribution in [0.3, 0.4) is 0 Å². The maximum Gasteiger partial charge on any atom is 0.239 e. The maximum atomic E-state index is 12.6. The van der Waals surface area contributed by atoms with Gasteiger partial charge in [-0.05, 0) is 37.3 Å². The SMILES string of the molecule is CCC(C)C(N)C(=O)N(CC)CC1CCN(Cc2ccccc2)C1. The zero-order chi connectivity index (χ0) is 17.5. The predicted octanol–water partition coefficient (Wildman–Crippen LogP) is 2.73. The lowest BCUT2D eigenvalue weighted by molar-refractivity contribution is -0.134. The fraction of sp³-hybridized carbons (Fsp3) is 0.650. The monoisotopic (exact) mass is 331 g/mol. The summed E-state index contributed by atoms with van der Waals surface area (Å²) in [5, 5.41) is 0. The molecule has 3 atom stereocenters. The first-order chi connectivity index (χ1) is 11.5. The fourth-order valence-corrected chi connectivity index (χ4v) is 3.44. The summed E-state index contributed by atoms with van der Waals surface area (Å²) < 4.78 is 0. The molecule has 0 aliphatic carbocycles. The minimum absolute atomic E-state index is 0.119. The molecule has 1 saturated heterocycles. The van der Waals surface area contributed by atoms with Crippen LogP contribution >= 0.6 is 0 Å².